The van der Waals surface area contributed by atoms with Crippen LogP contribution in [0.1, 0.15) is 44.6 Å². The Labute approximate surface area is 109 Å². The van der Waals surface area contributed by atoms with Crippen LogP contribution in [0.5, 0.6) is 0 Å². The fraction of sp³-hybridized carbons (Fsp3) is 0.533. The third-order valence-corrected chi connectivity index (χ3v) is 2.91. The molecule has 1 aromatic carbocycles. The normalized spacial score (nSPS) is 10.3. The van der Waals surface area contributed by atoms with Crippen LogP contribution in [0.3, 0.4) is 0 Å². The van der Waals surface area contributed by atoms with Crippen molar-refractivity contribution in [2.75, 3.05) is 6.54 Å². The van der Waals surface area contributed by atoms with E-state index in [2.05, 4.69) is 12.2 Å². The van der Waals surface area contributed by atoms with Crippen LogP contribution >= 0.6 is 0 Å². The summed E-state index contributed by atoms with van der Waals surface area (Å²) in [5.41, 5.74) is 0.998. The van der Waals surface area contributed by atoms with E-state index in [4.69, 9.17) is 0 Å². The Morgan fingerprint density at radius 3 is 2.56 bits per heavy atom. The summed E-state index contributed by atoms with van der Waals surface area (Å²) in [5, 5.41) is 2.91. The molecule has 0 aromatic heterocycles. The number of benzene rings is 1. The largest absolute Gasteiger partial charge is 0.356 e. The highest BCUT2D eigenvalue weighted by Gasteiger charge is 2.01. The maximum atomic E-state index is 12.7. The molecule has 1 rings (SSSR count). The number of amides is 1. The zero-order valence-electron chi connectivity index (χ0n) is 11.0. The molecule has 18 heavy (non-hydrogen) atoms. The predicted octanol–water partition coefficient (Wildman–Crippen LogP) is 3.45. The van der Waals surface area contributed by atoms with Gasteiger partial charge in [0.05, 0.1) is 0 Å². The monoisotopic (exact) mass is 251 g/mol. The maximum absolute atomic E-state index is 12.7. The fourth-order valence-corrected chi connectivity index (χ4v) is 1.78. The van der Waals surface area contributed by atoms with Crippen molar-refractivity contribution in [1.82, 2.24) is 5.32 Å². The molecule has 0 bridgehead atoms. The van der Waals surface area contributed by atoms with Gasteiger partial charge in [-0.2, -0.15) is 0 Å². The highest BCUT2D eigenvalue weighted by molar-refractivity contribution is 5.76. The molecule has 1 N–H and O–H groups in total. The molecule has 0 fully saturated rings. The molecule has 1 amide bonds. The van der Waals surface area contributed by atoms with Crippen molar-refractivity contribution in [1.29, 1.82) is 0 Å². The zero-order chi connectivity index (χ0) is 13.2. The van der Waals surface area contributed by atoms with Gasteiger partial charge in [0.2, 0.25) is 5.91 Å². The molecule has 0 saturated carbocycles. The summed E-state index contributed by atoms with van der Waals surface area (Å²) in [4.78, 5) is 11.5. The van der Waals surface area contributed by atoms with Crippen molar-refractivity contribution in [3.05, 3.63) is 35.6 Å². The van der Waals surface area contributed by atoms with Gasteiger partial charge < -0.3 is 5.32 Å². The SMILES string of the molecule is CCCCCCNC(=O)CCc1ccc(F)cc1. The van der Waals surface area contributed by atoms with Gasteiger partial charge in [0, 0.05) is 13.0 Å². The summed E-state index contributed by atoms with van der Waals surface area (Å²) in [6.07, 6.45) is 5.80. The minimum absolute atomic E-state index is 0.0795. The van der Waals surface area contributed by atoms with E-state index in [-0.39, 0.29) is 11.7 Å². The lowest BCUT2D eigenvalue weighted by Crippen LogP contribution is -2.24. The van der Waals surface area contributed by atoms with Crippen LogP contribution in [0.15, 0.2) is 24.3 Å². The van der Waals surface area contributed by atoms with Crippen molar-refractivity contribution >= 4 is 5.91 Å². The van der Waals surface area contributed by atoms with E-state index in [1.54, 1.807) is 12.1 Å². The molecule has 0 radical (unpaired) electrons. The van der Waals surface area contributed by atoms with Crippen LogP contribution in [-0.4, -0.2) is 12.5 Å². The number of unbranched alkanes of at least 4 members (excludes halogenated alkanes) is 3. The zero-order valence-corrected chi connectivity index (χ0v) is 11.0. The number of halogens is 1. The lowest BCUT2D eigenvalue weighted by atomic mass is 10.1. The molecule has 0 aliphatic heterocycles. The summed E-state index contributed by atoms with van der Waals surface area (Å²) in [7, 11) is 0. The third kappa shape index (κ3) is 6.38. The molecular weight excluding hydrogens is 229 g/mol. The van der Waals surface area contributed by atoms with Gasteiger partial charge in [0.1, 0.15) is 5.82 Å². The second-order valence-electron chi connectivity index (χ2n) is 4.54. The Kier molecular flexibility index (Phi) is 7.07. The lowest BCUT2D eigenvalue weighted by Gasteiger charge is -2.05. The first kappa shape index (κ1) is 14.7. The number of nitrogens with one attached hydrogen (secondary N) is 1. The van der Waals surface area contributed by atoms with E-state index in [9.17, 15) is 9.18 Å². The fourth-order valence-electron chi connectivity index (χ4n) is 1.78. The summed E-state index contributed by atoms with van der Waals surface area (Å²) in [6, 6.07) is 6.31. The van der Waals surface area contributed by atoms with E-state index in [0.29, 0.717) is 12.8 Å². The van der Waals surface area contributed by atoms with Crippen LogP contribution in [0, 0.1) is 5.82 Å². The molecule has 3 heteroatoms. The minimum atomic E-state index is -0.237. The summed E-state index contributed by atoms with van der Waals surface area (Å²) < 4.78 is 12.7. The van der Waals surface area contributed by atoms with E-state index in [0.717, 1.165) is 18.5 Å². The third-order valence-electron chi connectivity index (χ3n) is 2.91. The second kappa shape index (κ2) is 8.67. The van der Waals surface area contributed by atoms with Crippen molar-refractivity contribution in [3.63, 3.8) is 0 Å². The molecule has 2 nitrogen and oxygen atoms in total. The molecule has 100 valence electrons. The highest BCUT2D eigenvalue weighted by Crippen LogP contribution is 2.05. The Balaban J connectivity index is 2.11. The van der Waals surface area contributed by atoms with Gasteiger partial charge >= 0.3 is 0 Å². The van der Waals surface area contributed by atoms with E-state index in [1.807, 2.05) is 0 Å². The van der Waals surface area contributed by atoms with Gasteiger partial charge in [0.25, 0.3) is 0 Å². The summed E-state index contributed by atoms with van der Waals surface area (Å²) >= 11 is 0. The summed E-state index contributed by atoms with van der Waals surface area (Å²) in [6.45, 7) is 2.93. The average Bonchev–Trinajstić information content (AvgIpc) is 2.38. The van der Waals surface area contributed by atoms with E-state index < -0.39 is 0 Å². The number of rotatable bonds is 8. The van der Waals surface area contributed by atoms with E-state index in [1.165, 1.54) is 31.4 Å². The van der Waals surface area contributed by atoms with Gasteiger partial charge in [-0.3, -0.25) is 4.79 Å². The minimum Gasteiger partial charge on any atom is -0.356 e. The van der Waals surface area contributed by atoms with Gasteiger partial charge in [-0.25, -0.2) is 4.39 Å². The number of aryl methyl sites for hydroxylation is 1. The number of hydrogen-bond donors (Lipinski definition) is 1. The highest BCUT2D eigenvalue weighted by atomic mass is 19.1. The van der Waals surface area contributed by atoms with E-state index >= 15 is 0 Å². The number of carbonyl (C=O) groups is 1. The molecule has 0 aliphatic carbocycles. The Hall–Kier alpha value is -1.38. The van der Waals surface area contributed by atoms with Crippen molar-refractivity contribution in [2.45, 2.75) is 45.4 Å². The molecule has 1 aromatic rings. The van der Waals surface area contributed by atoms with Crippen molar-refractivity contribution in [2.24, 2.45) is 0 Å². The topological polar surface area (TPSA) is 29.1 Å². The Morgan fingerprint density at radius 2 is 1.89 bits per heavy atom. The van der Waals surface area contributed by atoms with Crippen LogP contribution in [0.4, 0.5) is 4.39 Å². The smallest absolute Gasteiger partial charge is 0.220 e. The Bertz CT molecular complexity index is 348. The van der Waals surface area contributed by atoms with Gasteiger partial charge in [0.15, 0.2) is 0 Å². The van der Waals surface area contributed by atoms with Crippen molar-refractivity contribution < 1.29 is 9.18 Å². The standard InChI is InChI=1S/C15H22FNO/c1-2-3-4-5-12-17-15(18)11-8-13-6-9-14(16)10-7-13/h6-7,9-10H,2-5,8,11-12H2,1H3,(H,17,18). The predicted molar refractivity (Wildman–Crippen MR) is 71.9 cm³/mol. The lowest BCUT2D eigenvalue weighted by molar-refractivity contribution is -0.121. The second-order valence-corrected chi connectivity index (χ2v) is 4.54. The molecule has 0 aliphatic rings. The molecule has 0 spiro atoms. The summed E-state index contributed by atoms with van der Waals surface area (Å²) in [5.74, 6) is -0.157. The van der Waals surface area contributed by atoms with Crippen LogP contribution < -0.4 is 5.32 Å². The first-order valence-corrected chi connectivity index (χ1v) is 6.73. The first-order valence-electron chi connectivity index (χ1n) is 6.73. The van der Waals surface area contributed by atoms with Crippen LogP contribution in [0.25, 0.3) is 0 Å². The Morgan fingerprint density at radius 1 is 1.17 bits per heavy atom. The number of carbonyl (C=O) groups excluding carboxylic acids is 1. The molecule has 0 unspecified atom stereocenters. The van der Waals surface area contributed by atoms with Gasteiger partial charge in [-0.1, -0.05) is 38.3 Å². The molecule has 0 saturated heterocycles. The maximum Gasteiger partial charge on any atom is 0.220 e. The molecule has 0 atom stereocenters. The molecular formula is C15H22FNO. The van der Waals surface area contributed by atoms with Crippen LogP contribution in [-0.2, 0) is 11.2 Å². The van der Waals surface area contributed by atoms with Crippen LogP contribution in [0.2, 0.25) is 0 Å². The van der Waals surface area contributed by atoms with Crippen molar-refractivity contribution in [3.8, 4) is 0 Å². The quantitative estimate of drug-likeness (QED) is 0.704. The van der Waals surface area contributed by atoms with Gasteiger partial charge in [-0.05, 0) is 30.5 Å². The first-order chi connectivity index (χ1) is 8.72. The average molecular weight is 251 g/mol. The van der Waals surface area contributed by atoms with Gasteiger partial charge in [-0.15, -0.1) is 0 Å². The molecule has 0 heterocycles. The number of hydrogen-bond acceptors (Lipinski definition) is 1.